The van der Waals surface area contributed by atoms with Gasteiger partial charge < -0.3 is 10.1 Å². The van der Waals surface area contributed by atoms with E-state index in [0.717, 1.165) is 37.9 Å². The summed E-state index contributed by atoms with van der Waals surface area (Å²) < 4.78 is 19.8. The third kappa shape index (κ3) is 5.76. The highest BCUT2D eigenvalue weighted by Gasteiger charge is 2.20. The van der Waals surface area contributed by atoms with Crippen molar-refractivity contribution in [3.63, 3.8) is 0 Å². The Balaban J connectivity index is 2.00. The molecule has 1 aliphatic rings. The molecule has 0 bridgehead atoms. The van der Waals surface area contributed by atoms with Crippen LogP contribution in [-0.4, -0.2) is 19.2 Å². The molecule has 1 atom stereocenters. The number of hydrogen-bond donors (Lipinski definition) is 1. The second kappa shape index (κ2) is 9.16. The van der Waals surface area contributed by atoms with Crippen LogP contribution in [0.25, 0.3) is 0 Å². The van der Waals surface area contributed by atoms with Crippen molar-refractivity contribution in [2.45, 2.75) is 64.1 Å². The van der Waals surface area contributed by atoms with Gasteiger partial charge in [-0.3, -0.25) is 0 Å². The second-order valence-corrected chi connectivity index (χ2v) is 6.00. The van der Waals surface area contributed by atoms with Gasteiger partial charge in [0.25, 0.3) is 0 Å². The molecule has 21 heavy (non-hydrogen) atoms. The van der Waals surface area contributed by atoms with E-state index in [1.807, 2.05) is 6.07 Å². The zero-order valence-corrected chi connectivity index (χ0v) is 13.1. The van der Waals surface area contributed by atoms with Crippen LogP contribution in [-0.2, 0) is 4.74 Å². The van der Waals surface area contributed by atoms with Crippen LogP contribution < -0.4 is 5.32 Å². The molecule has 0 heterocycles. The molecule has 0 radical (unpaired) electrons. The van der Waals surface area contributed by atoms with Crippen molar-refractivity contribution in [3.8, 4) is 0 Å². The van der Waals surface area contributed by atoms with E-state index in [4.69, 9.17) is 4.74 Å². The third-order valence-electron chi connectivity index (χ3n) is 4.14. The van der Waals surface area contributed by atoms with Gasteiger partial charge in [0.15, 0.2) is 0 Å². The fraction of sp³-hybridized carbons (Fsp3) is 0.667. The van der Waals surface area contributed by atoms with Crippen LogP contribution in [0.3, 0.4) is 0 Å². The maximum atomic E-state index is 13.5. The van der Waals surface area contributed by atoms with Crippen LogP contribution in [0.1, 0.15) is 63.5 Å². The predicted molar refractivity (Wildman–Crippen MR) is 84.9 cm³/mol. The molecule has 0 amide bonds. The monoisotopic (exact) mass is 293 g/mol. The summed E-state index contributed by atoms with van der Waals surface area (Å²) in [7, 11) is 0. The Kier molecular flexibility index (Phi) is 7.17. The van der Waals surface area contributed by atoms with Crippen LogP contribution in [0.5, 0.6) is 0 Å². The van der Waals surface area contributed by atoms with Crippen LogP contribution in [0.15, 0.2) is 24.3 Å². The molecule has 0 aromatic heterocycles. The summed E-state index contributed by atoms with van der Waals surface area (Å²) in [5.74, 6) is -0.183. The molecule has 1 aliphatic carbocycles. The summed E-state index contributed by atoms with van der Waals surface area (Å²) in [4.78, 5) is 0. The molecule has 1 aromatic rings. The number of halogens is 1. The fourth-order valence-electron chi connectivity index (χ4n) is 2.97. The molecule has 3 heteroatoms. The fourth-order valence-corrected chi connectivity index (χ4v) is 2.97. The zero-order valence-electron chi connectivity index (χ0n) is 13.1. The highest BCUT2D eigenvalue weighted by molar-refractivity contribution is 5.19. The first-order valence-electron chi connectivity index (χ1n) is 8.41. The van der Waals surface area contributed by atoms with E-state index in [0.29, 0.717) is 6.10 Å². The van der Waals surface area contributed by atoms with E-state index in [2.05, 4.69) is 12.2 Å². The Hall–Kier alpha value is -0.930. The molecule has 1 unspecified atom stereocenters. The first-order valence-corrected chi connectivity index (χ1v) is 8.41. The molecule has 118 valence electrons. The molecular formula is C18H28FNO. The lowest BCUT2D eigenvalue weighted by Crippen LogP contribution is -2.27. The van der Waals surface area contributed by atoms with E-state index in [-0.39, 0.29) is 11.9 Å². The van der Waals surface area contributed by atoms with E-state index in [1.54, 1.807) is 12.1 Å². The van der Waals surface area contributed by atoms with Crippen molar-refractivity contribution in [2.24, 2.45) is 0 Å². The molecule has 1 fully saturated rings. The molecule has 1 aromatic carbocycles. The highest BCUT2D eigenvalue weighted by atomic mass is 19.1. The number of hydrogen-bond acceptors (Lipinski definition) is 2. The van der Waals surface area contributed by atoms with Crippen LogP contribution in [0, 0.1) is 5.82 Å². The van der Waals surface area contributed by atoms with Gasteiger partial charge in [-0.1, -0.05) is 44.7 Å². The van der Waals surface area contributed by atoms with Gasteiger partial charge in [0.05, 0.1) is 12.2 Å². The SMILES string of the molecule is CCCNCC(OC1CCCCCC1)c1cccc(F)c1. The van der Waals surface area contributed by atoms with Crippen LogP contribution in [0.4, 0.5) is 4.39 Å². The maximum absolute atomic E-state index is 13.5. The quantitative estimate of drug-likeness (QED) is 0.585. The van der Waals surface area contributed by atoms with Crippen molar-refractivity contribution in [1.82, 2.24) is 5.32 Å². The molecule has 2 rings (SSSR count). The summed E-state index contributed by atoms with van der Waals surface area (Å²) in [5.41, 5.74) is 0.947. The first-order chi connectivity index (χ1) is 10.3. The maximum Gasteiger partial charge on any atom is 0.123 e. The third-order valence-corrected chi connectivity index (χ3v) is 4.14. The molecule has 0 aliphatic heterocycles. The van der Waals surface area contributed by atoms with Gasteiger partial charge in [-0.05, 0) is 43.5 Å². The summed E-state index contributed by atoms with van der Waals surface area (Å²) in [6.45, 7) is 3.88. The minimum absolute atomic E-state index is 0.0460. The summed E-state index contributed by atoms with van der Waals surface area (Å²) in [5, 5.41) is 3.41. The summed E-state index contributed by atoms with van der Waals surface area (Å²) in [6.07, 6.45) is 8.79. The Morgan fingerprint density at radius 3 is 2.67 bits per heavy atom. The lowest BCUT2D eigenvalue weighted by Gasteiger charge is -2.25. The van der Waals surface area contributed by atoms with Crippen molar-refractivity contribution in [3.05, 3.63) is 35.6 Å². The zero-order chi connectivity index (χ0) is 14.9. The van der Waals surface area contributed by atoms with Crippen molar-refractivity contribution in [1.29, 1.82) is 0 Å². The topological polar surface area (TPSA) is 21.3 Å². The lowest BCUT2D eigenvalue weighted by atomic mass is 10.1. The molecule has 0 spiro atoms. The van der Waals surface area contributed by atoms with Gasteiger partial charge in [-0.25, -0.2) is 4.39 Å². The number of nitrogens with one attached hydrogen (secondary N) is 1. The van der Waals surface area contributed by atoms with Gasteiger partial charge in [0.2, 0.25) is 0 Å². The van der Waals surface area contributed by atoms with Crippen LogP contribution in [0.2, 0.25) is 0 Å². The van der Waals surface area contributed by atoms with Crippen molar-refractivity contribution in [2.75, 3.05) is 13.1 Å². The Bertz CT molecular complexity index is 402. The van der Waals surface area contributed by atoms with E-state index in [1.165, 1.54) is 31.7 Å². The molecule has 0 saturated heterocycles. The summed E-state index contributed by atoms with van der Waals surface area (Å²) >= 11 is 0. The largest absolute Gasteiger partial charge is 0.369 e. The highest BCUT2D eigenvalue weighted by Crippen LogP contribution is 2.26. The van der Waals surface area contributed by atoms with Gasteiger partial charge in [-0.2, -0.15) is 0 Å². The Labute approximate surface area is 128 Å². The van der Waals surface area contributed by atoms with Gasteiger partial charge >= 0.3 is 0 Å². The Morgan fingerprint density at radius 1 is 1.24 bits per heavy atom. The predicted octanol–water partition coefficient (Wildman–Crippen LogP) is 4.61. The minimum atomic E-state index is -0.183. The van der Waals surface area contributed by atoms with E-state index in [9.17, 15) is 4.39 Å². The molecule has 1 N–H and O–H groups in total. The smallest absolute Gasteiger partial charge is 0.123 e. The van der Waals surface area contributed by atoms with Crippen LogP contribution >= 0.6 is 0 Å². The standard InChI is InChI=1S/C18H28FNO/c1-2-12-20-14-18(15-8-7-9-16(19)13-15)21-17-10-5-3-4-6-11-17/h7-9,13,17-18,20H,2-6,10-12,14H2,1H3. The van der Waals surface area contributed by atoms with Gasteiger partial charge in [0, 0.05) is 6.54 Å². The number of ether oxygens (including phenoxy) is 1. The van der Waals surface area contributed by atoms with E-state index >= 15 is 0 Å². The van der Waals surface area contributed by atoms with Crippen molar-refractivity contribution < 1.29 is 9.13 Å². The molecule has 2 nitrogen and oxygen atoms in total. The number of benzene rings is 1. The first kappa shape index (κ1) is 16.4. The Morgan fingerprint density at radius 2 is 2.00 bits per heavy atom. The average Bonchev–Trinajstić information content (AvgIpc) is 2.75. The average molecular weight is 293 g/mol. The lowest BCUT2D eigenvalue weighted by molar-refractivity contribution is -0.0201. The molecule has 1 saturated carbocycles. The van der Waals surface area contributed by atoms with Gasteiger partial charge in [-0.15, -0.1) is 0 Å². The number of rotatable bonds is 7. The minimum Gasteiger partial charge on any atom is -0.369 e. The van der Waals surface area contributed by atoms with E-state index < -0.39 is 0 Å². The summed E-state index contributed by atoms with van der Waals surface area (Å²) in [6, 6.07) is 6.84. The van der Waals surface area contributed by atoms with Gasteiger partial charge in [0.1, 0.15) is 5.82 Å². The normalized spacial score (nSPS) is 18.4. The second-order valence-electron chi connectivity index (χ2n) is 6.00. The van der Waals surface area contributed by atoms with Crippen molar-refractivity contribution >= 4 is 0 Å². The molecular weight excluding hydrogens is 265 g/mol.